The van der Waals surface area contributed by atoms with E-state index in [1.165, 1.54) is 0 Å². The molecule has 2 heterocycles. The largest absolute Gasteiger partial charge is 0.358 e. The molecule has 3 rings (SSSR count). The maximum Gasteiger partial charge on any atom is 0.334 e. The van der Waals surface area contributed by atoms with E-state index in [4.69, 9.17) is 0 Å². The van der Waals surface area contributed by atoms with Gasteiger partial charge in [-0.3, -0.25) is 14.7 Å². The predicted molar refractivity (Wildman–Crippen MR) is 91.2 cm³/mol. The number of rotatable bonds is 3. The molecule has 0 saturated carbocycles. The predicted octanol–water partition coefficient (Wildman–Crippen LogP) is 1.82. The topological polar surface area (TPSA) is 70.1 Å². The first kappa shape index (κ1) is 15.6. The average Bonchev–Trinajstić information content (AvgIpc) is 2.55. The number of H-pyrrole nitrogens is 1. The summed E-state index contributed by atoms with van der Waals surface area (Å²) in [6.07, 6.45) is 1.01. The summed E-state index contributed by atoms with van der Waals surface area (Å²) in [5.74, 6) is 0.599. The first-order valence-electron chi connectivity index (χ1n) is 7.94. The van der Waals surface area contributed by atoms with Gasteiger partial charge in [-0.1, -0.05) is 24.6 Å². The summed E-state index contributed by atoms with van der Waals surface area (Å²) in [5, 5.41) is 3.26. The molecule has 1 aromatic carbocycles. The zero-order valence-electron chi connectivity index (χ0n) is 13.7. The lowest BCUT2D eigenvalue weighted by atomic mass is 10.1. The van der Waals surface area contributed by atoms with Crippen LogP contribution in [0.2, 0.25) is 0 Å². The molecular weight excluding hydrogens is 292 g/mol. The van der Waals surface area contributed by atoms with Gasteiger partial charge >= 0.3 is 5.69 Å². The molecule has 1 atom stereocenters. The lowest BCUT2D eigenvalue weighted by molar-refractivity contribution is 0.200. The zero-order chi connectivity index (χ0) is 16.6. The van der Waals surface area contributed by atoms with Crippen molar-refractivity contribution in [3.8, 4) is 5.69 Å². The smallest absolute Gasteiger partial charge is 0.334 e. The van der Waals surface area contributed by atoms with Crippen molar-refractivity contribution in [2.24, 2.45) is 0 Å². The third kappa shape index (κ3) is 2.82. The van der Waals surface area contributed by atoms with Crippen LogP contribution in [-0.4, -0.2) is 27.2 Å². The molecule has 0 spiro atoms. The Bertz CT molecular complexity index is 820. The van der Waals surface area contributed by atoms with E-state index in [1.54, 1.807) is 4.57 Å². The molecule has 6 heteroatoms. The van der Waals surface area contributed by atoms with Crippen molar-refractivity contribution in [1.82, 2.24) is 14.5 Å². The highest BCUT2D eigenvalue weighted by molar-refractivity contribution is 5.52. The van der Waals surface area contributed by atoms with Crippen molar-refractivity contribution in [1.29, 1.82) is 0 Å². The highest BCUT2D eigenvalue weighted by Gasteiger charge is 2.25. The number of nitrogens with zero attached hydrogens (tertiary/aromatic N) is 2. The van der Waals surface area contributed by atoms with Crippen LogP contribution < -0.4 is 16.6 Å². The summed E-state index contributed by atoms with van der Waals surface area (Å²) in [6.45, 7) is 7.42. The highest BCUT2D eigenvalue weighted by atomic mass is 16.2. The molecule has 6 nitrogen and oxygen atoms in total. The zero-order valence-corrected chi connectivity index (χ0v) is 13.7. The standard InChI is InChI=1S/C17H22N4O2/c1-4-12(3)20-9-14-15(18-10-20)21(17(23)19-16(14)22)13-7-5-11(2)6-8-13/h5-8,12,18H,4,9-10H2,1-3H3,(H,19,22,23)/t12-/m0/s1. The van der Waals surface area contributed by atoms with Crippen molar-refractivity contribution in [2.75, 3.05) is 12.0 Å². The summed E-state index contributed by atoms with van der Waals surface area (Å²) in [6, 6.07) is 8.05. The summed E-state index contributed by atoms with van der Waals surface area (Å²) in [5.41, 5.74) is 1.75. The number of fused-ring (bicyclic) bond motifs is 1. The van der Waals surface area contributed by atoms with Crippen molar-refractivity contribution in [3.63, 3.8) is 0 Å². The molecule has 2 aromatic rings. The Morgan fingerprint density at radius 1 is 1.22 bits per heavy atom. The Balaban J connectivity index is 2.12. The van der Waals surface area contributed by atoms with Gasteiger partial charge in [0.05, 0.1) is 17.9 Å². The van der Waals surface area contributed by atoms with Crippen molar-refractivity contribution in [3.05, 3.63) is 56.2 Å². The Morgan fingerprint density at radius 3 is 2.57 bits per heavy atom. The maximum absolute atomic E-state index is 12.3. The van der Waals surface area contributed by atoms with Gasteiger partial charge in [-0.25, -0.2) is 9.36 Å². The van der Waals surface area contributed by atoms with E-state index in [1.807, 2.05) is 31.2 Å². The Kier molecular flexibility index (Phi) is 4.09. The molecule has 1 aliphatic heterocycles. The number of aromatic nitrogens is 2. The Hall–Kier alpha value is -2.34. The van der Waals surface area contributed by atoms with E-state index < -0.39 is 5.69 Å². The van der Waals surface area contributed by atoms with Crippen molar-refractivity contribution < 1.29 is 0 Å². The maximum atomic E-state index is 12.3. The van der Waals surface area contributed by atoms with Crippen LogP contribution in [0.5, 0.6) is 0 Å². The van der Waals surface area contributed by atoms with Crippen LogP contribution in [0, 0.1) is 6.92 Å². The molecule has 122 valence electrons. The normalized spacial score (nSPS) is 15.8. The first-order valence-corrected chi connectivity index (χ1v) is 7.94. The minimum atomic E-state index is -0.415. The minimum absolute atomic E-state index is 0.311. The van der Waals surface area contributed by atoms with Crippen LogP contribution >= 0.6 is 0 Å². The molecule has 0 amide bonds. The molecule has 23 heavy (non-hydrogen) atoms. The van der Waals surface area contributed by atoms with Gasteiger partial charge in [0, 0.05) is 12.6 Å². The van der Waals surface area contributed by atoms with Crippen LogP contribution in [0.25, 0.3) is 5.69 Å². The van der Waals surface area contributed by atoms with Crippen LogP contribution in [-0.2, 0) is 6.54 Å². The summed E-state index contributed by atoms with van der Waals surface area (Å²) in [7, 11) is 0. The molecule has 0 saturated heterocycles. The lowest BCUT2D eigenvalue weighted by Crippen LogP contribution is -2.45. The van der Waals surface area contributed by atoms with Gasteiger partial charge in [-0.05, 0) is 32.4 Å². The Labute approximate surface area is 134 Å². The molecule has 2 N–H and O–H groups in total. The summed E-state index contributed by atoms with van der Waals surface area (Å²) in [4.78, 5) is 29.2. The lowest BCUT2D eigenvalue weighted by Gasteiger charge is -2.34. The number of aromatic amines is 1. The number of benzene rings is 1. The van der Waals surface area contributed by atoms with Crippen LogP contribution in [0.15, 0.2) is 33.9 Å². The van der Waals surface area contributed by atoms with E-state index in [0.29, 0.717) is 30.6 Å². The molecule has 0 fully saturated rings. The number of nitrogens with one attached hydrogen (secondary N) is 2. The van der Waals surface area contributed by atoms with E-state index in [0.717, 1.165) is 17.7 Å². The van der Waals surface area contributed by atoms with Gasteiger partial charge in [0.2, 0.25) is 0 Å². The van der Waals surface area contributed by atoms with Gasteiger partial charge in [0.15, 0.2) is 0 Å². The van der Waals surface area contributed by atoms with E-state index in [2.05, 4.69) is 29.0 Å². The van der Waals surface area contributed by atoms with Crippen molar-refractivity contribution >= 4 is 5.82 Å². The number of aryl methyl sites for hydroxylation is 1. The molecule has 1 aromatic heterocycles. The van der Waals surface area contributed by atoms with Crippen LogP contribution in [0.1, 0.15) is 31.4 Å². The van der Waals surface area contributed by atoms with Gasteiger partial charge in [-0.15, -0.1) is 0 Å². The number of anilines is 1. The van der Waals surface area contributed by atoms with E-state index in [-0.39, 0.29) is 5.56 Å². The van der Waals surface area contributed by atoms with E-state index in [9.17, 15) is 9.59 Å². The fourth-order valence-corrected chi connectivity index (χ4v) is 2.85. The Morgan fingerprint density at radius 2 is 1.91 bits per heavy atom. The van der Waals surface area contributed by atoms with Crippen molar-refractivity contribution in [2.45, 2.75) is 39.8 Å². The number of hydrogen-bond donors (Lipinski definition) is 2. The summed E-state index contributed by atoms with van der Waals surface area (Å²) >= 11 is 0. The fourth-order valence-electron chi connectivity index (χ4n) is 2.85. The first-order chi connectivity index (χ1) is 11.0. The summed E-state index contributed by atoms with van der Waals surface area (Å²) < 4.78 is 1.55. The second kappa shape index (κ2) is 6.04. The molecule has 0 radical (unpaired) electrons. The molecular formula is C17H22N4O2. The fraction of sp³-hybridized carbons (Fsp3) is 0.412. The van der Waals surface area contributed by atoms with Gasteiger partial charge in [0.25, 0.3) is 5.56 Å². The number of hydrogen-bond acceptors (Lipinski definition) is 4. The monoisotopic (exact) mass is 314 g/mol. The molecule has 1 aliphatic rings. The third-order valence-electron chi connectivity index (χ3n) is 4.52. The van der Waals surface area contributed by atoms with Crippen LogP contribution in [0.4, 0.5) is 5.82 Å². The highest BCUT2D eigenvalue weighted by Crippen LogP contribution is 2.22. The van der Waals surface area contributed by atoms with E-state index >= 15 is 0 Å². The SMILES string of the molecule is CC[C@H](C)N1CNc2c(c(=O)[nH]c(=O)n2-c2ccc(C)cc2)C1. The third-order valence-corrected chi connectivity index (χ3v) is 4.52. The quantitative estimate of drug-likeness (QED) is 0.906. The molecule has 0 bridgehead atoms. The second-order valence-corrected chi connectivity index (χ2v) is 6.10. The molecule has 0 unspecified atom stereocenters. The van der Waals surface area contributed by atoms with Gasteiger partial charge < -0.3 is 5.32 Å². The second-order valence-electron chi connectivity index (χ2n) is 6.10. The van der Waals surface area contributed by atoms with Gasteiger partial charge in [0.1, 0.15) is 5.82 Å². The minimum Gasteiger partial charge on any atom is -0.358 e. The molecule has 0 aliphatic carbocycles. The van der Waals surface area contributed by atoms with Gasteiger partial charge in [-0.2, -0.15) is 0 Å². The van der Waals surface area contributed by atoms with Crippen LogP contribution in [0.3, 0.4) is 0 Å². The average molecular weight is 314 g/mol.